The molecule has 1 saturated heterocycles. The maximum atomic E-state index is 6.34. The van der Waals surface area contributed by atoms with Crippen LogP contribution in [-0.4, -0.2) is 25.9 Å². The van der Waals surface area contributed by atoms with E-state index in [1.807, 2.05) is 12.1 Å². The van der Waals surface area contributed by atoms with Crippen molar-refractivity contribution in [3.8, 4) is 5.75 Å². The van der Waals surface area contributed by atoms with Gasteiger partial charge < -0.3 is 14.8 Å². The Morgan fingerprint density at radius 2 is 2.15 bits per heavy atom. The van der Waals surface area contributed by atoms with Gasteiger partial charge in [0, 0.05) is 18.9 Å². The van der Waals surface area contributed by atoms with E-state index in [2.05, 4.69) is 25.2 Å². The van der Waals surface area contributed by atoms with Crippen LogP contribution in [0.4, 0.5) is 0 Å². The third-order valence-corrected chi connectivity index (χ3v) is 3.91. The number of rotatable bonds is 6. The molecule has 1 fully saturated rings. The summed E-state index contributed by atoms with van der Waals surface area (Å²) in [5.74, 6) is 0.782. The van der Waals surface area contributed by atoms with E-state index in [1.165, 1.54) is 5.56 Å². The van der Waals surface area contributed by atoms with Gasteiger partial charge >= 0.3 is 0 Å². The van der Waals surface area contributed by atoms with E-state index in [4.69, 9.17) is 21.1 Å². The average Bonchev–Trinajstić information content (AvgIpc) is 2.48. The van der Waals surface area contributed by atoms with Crippen molar-refractivity contribution in [1.82, 2.24) is 5.32 Å². The first-order chi connectivity index (χ1) is 9.70. The Balaban J connectivity index is 1.97. The van der Waals surface area contributed by atoms with E-state index in [1.54, 1.807) is 0 Å². The molecule has 0 amide bonds. The highest BCUT2D eigenvalue weighted by molar-refractivity contribution is 6.32. The predicted molar refractivity (Wildman–Crippen MR) is 82.6 cm³/mol. The largest absolute Gasteiger partial charge is 0.489 e. The van der Waals surface area contributed by atoms with Crippen LogP contribution in [0.2, 0.25) is 5.02 Å². The fourth-order valence-corrected chi connectivity index (χ4v) is 2.57. The van der Waals surface area contributed by atoms with Gasteiger partial charge in [0.1, 0.15) is 11.9 Å². The molecule has 0 saturated carbocycles. The number of nitrogens with one attached hydrogen (secondary N) is 1. The van der Waals surface area contributed by atoms with Gasteiger partial charge in [-0.05, 0) is 37.6 Å². The van der Waals surface area contributed by atoms with Crippen LogP contribution in [0.15, 0.2) is 18.2 Å². The van der Waals surface area contributed by atoms with Crippen LogP contribution in [-0.2, 0) is 4.74 Å². The number of ether oxygens (including phenoxy) is 2. The summed E-state index contributed by atoms with van der Waals surface area (Å²) in [5.41, 5.74) is 1.20. The standard InChI is InChI=1S/C16H24ClNO2/c1-3-8-18-12(2)13-4-5-16(15(17)11-13)20-14-6-9-19-10-7-14/h4-5,11-12,14,18H,3,6-10H2,1-2H3. The highest BCUT2D eigenvalue weighted by atomic mass is 35.5. The molecule has 0 bridgehead atoms. The van der Waals surface area contributed by atoms with E-state index in [0.29, 0.717) is 11.1 Å². The first-order valence-corrected chi connectivity index (χ1v) is 7.85. The van der Waals surface area contributed by atoms with Gasteiger partial charge in [-0.15, -0.1) is 0 Å². The monoisotopic (exact) mass is 297 g/mol. The lowest BCUT2D eigenvalue weighted by atomic mass is 10.1. The third-order valence-electron chi connectivity index (χ3n) is 3.62. The van der Waals surface area contributed by atoms with E-state index >= 15 is 0 Å². The lowest BCUT2D eigenvalue weighted by Gasteiger charge is -2.24. The molecule has 0 radical (unpaired) electrons. The van der Waals surface area contributed by atoms with Gasteiger partial charge in [0.2, 0.25) is 0 Å². The summed E-state index contributed by atoms with van der Waals surface area (Å²) >= 11 is 6.34. The maximum absolute atomic E-state index is 6.34. The summed E-state index contributed by atoms with van der Waals surface area (Å²) in [6, 6.07) is 6.39. The van der Waals surface area contributed by atoms with Crippen LogP contribution < -0.4 is 10.1 Å². The molecule has 112 valence electrons. The maximum Gasteiger partial charge on any atom is 0.138 e. The zero-order chi connectivity index (χ0) is 14.4. The fraction of sp³-hybridized carbons (Fsp3) is 0.625. The zero-order valence-electron chi connectivity index (χ0n) is 12.3. The van der Waals surface area contributed by atoms with Crippen LogP contribution in [0.1, 0.15) is 44.7 Å². The Labute approximate surface area is 126 Å². The van der Waals surface area contributed by atoms with Crippen LogP contribution in [0.25, 0.3) is 0 Å². The molecule has 1 heterocycles. The van der Waals surface area contributed by atoms with Crippen molar-refractivity contribution < 1.29 is 9.47 Å². The van der Waals surface area contributed by atoms with E-state index in [9.17, 15) is 0 Å². The molecular weight excluding hydrogens is 274 g/mol. The molecular formula is C16H24ClNO2. The summed E-state index contributed by atoms with van der Waals surface area (Å²) in [6.45, 7) is 6.88. The van der Waals surface area contributed by atoms with Gasteiger partial charge in [-0.3, -0.25) is 0 Å². The SMILES string of the molecule is CCCNC(C)c1ccc(OC2CCOCC2)c(Cl)c1. The molecule has 1 aliphatic rings. The molecule has 1 unspecified atom stereocenters. The Morgan fingerprint density at radius 3 is 2.80 bits per heavy atom. The van der Waals surface area contributed by atoms with Gasteiger partial charge in [0.05, 0.1) is 18.2 Å². The Hall–Kier alpha value is -0.770. The first-order valence-electron chi connectivity index (χ1n) is 7.48. The van der Waals surface area contributed by atoms with Crippen molar-refractivity contribution >= 4 is 11.6 Å². The summed E-state index contributed by atoms with van der Waals surface area (Å²) in [7, 11) is 0. The summed E-state index contributed by atoms with van der Waals surface area (Å²) in [5, 5.41) is 4.15. The summed E-state index contributed by atoms with van der Waals surface area (Å²) in [6.07, 6.45) is 3.23. The fourth-order valence-electron chi connectivity index (χ4n) is 2.33. The van der Waals surface area contributed by atoms with Crippen LogP contribution in [0.5, 0.6) is 5.75 Å². The minimum atomic E-state index is 0.225. The van der Waals surface area contributed by atoms with Crippen LogP contribution >= 0.6 is 11.6 Å². The van der Waals surface area contributed by atoms with Crippen molar-refractivity contribution in [3.63, 3.8) is 0 Å². The minimum absolute atomic E-state index is 0.225. The lowest BCUT2D eigenvalue weighted by molar-refractivity contribution is 0.0256. The summed E-state index contributed by atoms with van der Waals surface area (Å²) in [4.78, 5) is 0. The van der Waals surface area contributed by atoms with Gasteiger partial charge in [-0.1, -0.05) is 24.6 Å². The number of halogens is 1. The van der Waals surface area contributed by atoms with Crippen molar-refractivity contribution in [1.29, 1.82) is 0 Å². The van der Waals surface area contributed by atoms with Crippen LogP contribution in [0.3, 0.4) is 0 Å². The molecule has 0 aliphatic carbocycles. The van der Waals surface area contributed by atoms with E-state index < -0.39 is 0 Å². The van der Waals surface area contributed by atoms with Gasteiger partial charge in [-0.2, -0.15) is 0 Å². The topological polar surface area (TPSA) is 30.5 Å². The first kappa shape index (κ1) is 15.6. The molecule has 2 rings (SSSR count). The van der Waals surface area contributed by atoms with Gasteiger partial charge in [0.25, 0.3) is 0 Å². The number of benzene rings is 1. The van der Waals surface area contributed by atoms with E-state index in [-0.39, 0.29) is 6.10 Å². The Morgan fingerprint density at radius 1 is 1.40 bits per heavy atom. The second kappa shape index (κ2) is 7.87. The van der Waals surface area contributed by atoms with Gasteiger partial charge in [0.15, 0.2) is 0 Å². The van der Waals surface area contributed by atoms with Crippen molar-refractivity contribution in [2.24, 2.45) is 0 Å². The number of hydrogen-bond acceptors (Lipinski definition) is 3. The molecule has 0 spiro atoms. The molecule has 1 atom stereocenters. The zero-order valence-corrected chi connectivity index (χ0v) is 13.1. The van der Waals surface area contributed by atoms with Crippen molar-refractivity contribution in [2.75, 3.05) is 19.8 Å². The molecule has 4 heteroatoms. The normalized spacial score (nSPS) is 17.9. The van der Waals surface area contributed by atoms with Crippen molar-refractivity contribution in [2.45, 2.75) is 45.3 Å². The summed E-state index contributed by atoms with van der Waals surface area (Å²) < 4.78 is 11.3. The lowest BCUT2D eigenvalue weighted by Crippen LogP contribution is -2.26. The highest BCUT2D eigenvalue weighted by Gasteiger charge is 2.17. The molecule has 1 aromatic carbocycles. The molecule has 1 N–H and O–H groups in total. The average molecular weight is 298 g/mol. The molecule has 1 aliphatic heterocycles. The molecule has 3 nitrogen and oxygen atoms in total. The number of hydrogen-bond donors (Lipinski definition) is 1. The molecule has 0 aromatic heterocycles. The van der Waals surface area contributed by atoms with Gasteiger partial charge in [-0.25, -0.2) is 0 Å². The molecule has 1 aromatic rings. The van der Waals surface area contributed by atoms with E-state index in [0.717, 1.165) is 44.8 Å². The smallest absolute Gasteiger partial charge is 0.138 e. The highest BCUT2D eigenvalue weighted by Crippen LogP contribution is 2.30. The third kappa shape index (κ3) is 4.37. The molecule has 20 heavy (non-hydrogen) atoms. The van der Waals surface area contributed by atoms with Crippen molar-refractivity contribution in [3.05, 3.63) is 28.8 Å². The second-order valence-corrected chi connectivity index (χ2v) is 5.70. The second-order valence-electron chi connectivity index (χ2n) is 5.30. The predicted octanol–water partition coefficient (Wildman–Crippen LogP) is 3.96. The quantitative estimate of drug-likeness (QED) is 0.862. The Kier molecular flexibility index (Phi) is 6.14. The Bertz CT molecular complexity index is 419. The minimum Gasteiger partial charge on any atom is -0.489 e. The van der Waals surface area contributed by atoms with Crippen LogP contribution in [0, 0.1) is 0 Å².